The van der Waals surface area contributed by atoms with Crippen LogP contribution in [0.2, 0.25) is 10.0 Å². The largest absolute Gasteiger partial charge is 0.286 e. The molecule has 3 nitrogen and oxygen atoms in total. The molecule has 0 bridgehead atoms. The summed E-state index contributed by atoms with van der Waals surface area (Å²) in [4.78, 5) is 13.1. The molecule has 1 atom stereocenters. The molecule has 1 aliphatic heterocycles. The number of carbonyl (C=O) groups excluding carboxylic acids is 1. The molecule has 1 saturated heterocycles. The summed E-state index contributed by atoms with van der Waals surface area (Å²) >= 11 is 15.9. The fraction of sp³-hybridized carbons (Fsp3) is 0.222. The van der Waals surface area contributed by atoms with Crippen molar-refractivity contribution in [3.8, 4) is 0 Å². The summed E-state index contributed by atoms with van der Waals surface area (Å²) in [7, 11) is 0. The molecular formula is C9H8Cl2N2OS. The Morgan fingerprint density at radius 2 is 1.93 bits per heavy atom. The van der Waals surface area contributed by atoms with E-state index >= 15 is 0 Å². The van der Waals surface area contributed by atoms with Gasteiger partial charge in [-0.1, -0.05) is 23.2 Å². The number of rotatable bonds is 1. The molecule has 15 heavy (non-hydrogen) atoms. The van der Waals surface area contributed by atoms with Gasteiger partial charge in [-0.05, 0) is 18.2 Å². The Labute approximate surface area is 103 Å². The molecule has 0 saturated carbocycles. The van der Waals surface area contributed by atoms with Gasteiger partial charge in [0.15, 0.2) is 0 Å². The predicted octanol–water partition coefficient (Wildman–Crippen LogP) is 2.14. The van der Waals surface area contributed by atoms with E-state index in [9.17, 15) is 4.79 Å². The number of halogens is 2. The molecule has 1 fully saturated rings. The van der Waals surface area contributed by atoms with Gasteiger partial charge in [0.1, 0.15) is 5.50 Å². The number of benzene rings is 1. The van der Waals surface area contributed by atoms with Crippen molar-refractivity contribution in [2.24, 2.45) is 0 Å². The highest BCUT2D eigenvalue weighted by Gasteiger charge is 2.29. The topological polar surface area (TPSA) is 32.3 Å². The molecule has 1 aromatic carbocycles. The normalized spacial score (nSPS) is 21.1. The monoisotopic (exact) mass is 262 g/mol. The zero-order valence-corrected chi connectivity index (χ0v) is 9.98. The lowest BCUT2D eigenvalue weighted by atomic mass is 10.3. The Hall–Kier alpha value is -0.420. The predicted molar refractivity (Wildman–Crippen MR) is 64.7 cm³/mol. The number of hydrogen-bond donors (Lipinski definition) is 2. The van der Waals surface area contributed by atoms with Gasteiger partial charge in [-0.25, -0.2) is 0 Å². The zero-order chi connectivity index (χ0) is 11.0. The van der Waals surface area contributed by atoms with E-state index < -0.39 is 0 Å². The second-order valence-electron chi connectivity index (χ2n) is 3.15. The first-order chi connectivity index (χ1) is 7.08. The molecule has 1 aromatic rings. The lowest BCUT2D eigenvalue weighted by Crippen LogP contribution is -2.32. The maximum atomic E-state index is 11.5. The van der Waals surface area contributed by atoms with Crippen LogP contribution >= 0.6 is 35.8 Å². The van der Waals surface area contributed by atoms with Crippen molar-refractivity contribution in [3.63, 3.8) is 0 Å². The number of amides is 1. The summed E-state index contributed by atoms with van der Waals surface area (Å²) in [5.74, 6) is -0.0478. The van der Waals surface area contributed by atoms with E-state index in [1.165, 1.54) is 4.90 Å². The molecule has 1 aliphatic rings. The van der Waals surface area contributed by atoms with Gasteiger partial charge < -0.3 is 0 Å². The molecule has 1 amide bonds. The highest BCUT2D eigenvalue weighted by Crippen LogP contribution is 2.28. The first kappa shape index (κ1) is 11.1. The third-order valence-corrected chi connectivity index (χ3v) is 2.92. The lowest BCUT2D eigenvalue weighted by Gasteiger charge is -2.20. The van der Waals surface area contributed by atoms with Crippen molar-refractivity contribution in [1.29, 1.82) is 0 Å². The number of carbonyl (C=O) groups is 1. The summed E-state index contributed by atoms with van der Waals surface area (Å²) in [5, 5.41) is 3.91. The van der Waals surface area contributed by atoms with Crippen molar-refractivity contribution in [2.45, 2.75) is 5.50 Å². The third-order valence-electron chi connectivity index (χ3n) is 2.07. The van der Waals surface area contributed by atoms with Gasteiger partial charge in [0.25, 0.3) is 0 Å². The minimum absolute atomic E-state index is 0.0478. The third kappa shape index (κ3) is 2.23. The second kappa shape index (κ2) is 4.22. The smallest absolute Gasteiger partial charge is 0.243 e. The Balaban J connectivity index is 2.40. The first-order valence-electron chi connectivity index (χ1n) is 4.27. The van der Waals surface area contributed by atoms with Crippen molar-refractivity contribution >= 4 is 47.4 Å². The fourth-order valence-electron chi connectivity index (χ4n) is 1.46. The van der Waals surface area contributed by atoms with Gasteiger partial charge in [-0.2, -0.15) is 0 Å². The quantitative estimate of drug-likeness (QED) is 0.761. The van der Waals surface area contributed by atoms with E-state index in [4.69, 9.17) is 23.2 Å². The summed E-state index contributed by atoms with van der Waals surface area (Å²) in [6.07, 6.45) is 0. The Kier molecular flexibility index (Phi) is 3.11. The SMILES string of the molecule is O=C1CNC(S)N1c1cc(Cl)cc(Cl)c1. The molecule has 0 aromatic heterocycles. The van der Waals surface area contributed by atoms with E-state index in [2.05, 4.69) is 17.9 Å². The minimum atomic E-state index is -0.327. The fourth-order valence-corrected chi connectivity index (χ4v) is 2.32. The van der Waals surface area contributed by atoms with Crippen LogP contribution in [0.15, 0.2) is 18.2 Å². The molecular weight excluding hydrogens is 255 g/mol. The van der Waals surface area contributed by atoms with Crippen LogP contribution < -0.4 is 10.2 Å². The van der Waals surface area contributed by atoms with Crippen LogP contribution in [-0.2, 0) is 4.79 Å². The van der Waals surface area contributed by atoms with Gasteiger partial charge in [0, 0.05) is 15.7 Å². The van der Waals surface area contributed by atoms with E-state index in [1.54, 1.807) is 18.2 Å². The van der Waals surface area contributed by atoms with E-state index in [0.29, 0.717) is 15.7 Å². The Morgan fingerprint density at radius 1 is 1.33 bits per heavy atom. The Morgan fingerprint density at radius 3 is 2.40 bits per heavy atom. The molecule has 6 heteroatoms. The maximum absolute atomic E-state index is 11.5. The van der Waals surface area contributed by atoms with Crippen molar-refractivity contribution in [2.75, 3.05) is 11.4 Å². The van der Waals surface area contributed by atoms with E-state index in [-0.39, 0.29) is 17.9 Å². The summed E-state index contributed by atoms with van der Waals surface area (Å²) in [6, 6.07) is 4.98. The molecule has 1 N–H and O–H groups in total. The van der Waals surface area contributed by atoms with Gasteiger partial charge in [0.05, 0.1) is 6.54 Å². The molecule has 0 spiro atoms. The maximum Gasteiger partial charge on any atom is 0.243 e. The highest BCUT2D eigenvalue weighted by molar-refractivity contribution is 7.81. The summed E-state index contributed by atoms with van der Waals surface area (Å²) in [5.41, 5.74) is 0.328. The van der Waals surface area contributed by atoms with Crippen LogP contribution in [0.3, 0.4) is 0 Å². The number of anilines is 1. The van der Waals surface area contributed by atoms with Crippen LogP contribution in [0.1, 0.15) is 0 Å². The van der Waals surface area contributed by atoms with Crippen LogP contribution in [0.4, 0.5) is 5.69 Å². The van der Waals surface area contributed by atoms with Crippen molar-refractivity contribution in [1.82, 2.24) is 5.32 Å². The van der Waals surface area contributed by atoms with Gasteiger partial charge in [0.2, 0.25) is 5.91 Å². The zero-order valence-electron chi connectivity index (χ0n) is 7.58. The summed E-state index contributed by atoms with van der Waals surface area (Å²) in [6.45, 7) is 0.276. The molecule has 80 valence electrons. The number of nitrogens with zero attached hydrogens (tertiary/aromatic N) is 1. The average molecular weight is 263 g/mol. The average Bonchev–Trinajstić information content (AvgIpc) is 2.44. The van der Waals surface area contributed by atoms with Gasteiger partial charge >= 0.3 is 0 Å². The van der Waals surface area contributed by atoms with E-state index in [0.717, 1.165) is 0 Å². The van der Waals surface area contributed by atoms with E-state index in [1.807, 2.05) is 0 Å². The molecule has 0 radical (unpaired) electrons. The molecule has 2 rings (SSSR count). The van der Waals surface area contributed by atoms with Crippen molar-refractivity contribution in [3.05, 3.63) is 28.2 Å². The van der Waals surface area contributed by atoms with Crippen LogP contribution in [-0.4, -0.2) is 17.9 Å². The number of nitrogens with one attached hydrogen (secondary N) is 1. The molecule has 1 unspecified atom stereocenters. The lowest BCUT2D eigenvalue weighted by molar-refractivity contribution is -0.116. The minimum Gasteiger partial charge on any atom is -0.286 e. The second-order valence-corrected chi connectivity index (χ2v) is 4.51. The molecule has 1 heterocycles. The molecule has 0 aliphatic carbocycles. The number of hydrogen-bond acceptors (Lipinski definition) is 3. The summed E-state index contributed by atoms with van der Waals surface area (Å²) < 4.78 is 0. The van der Waals surface area contributed by atoms with Crippen molar-refractivity contribution < 1.29 is 4.79 Å². The Bertz CT molecular complexity index is 393. The van der Waals surface area contributed by atoms with Gasteiger partial charge in [-0.3, -0.25) is 15.0 Å². The standard InChI is InChI=1S/C9H8Cl2N2OS/c10-5-1-6(11)3-7(2-5)13-8(14)4-12-9(13)15/h1-3,9,12,15H,4H2. The van der Waals surface area contributed by atoms with Crippen LogP contribution in [0.25, 0.3) is 0 Å². The highest BCUT2D eigenvalue weighted by atomic mass is 35.5. The van der Waals surface area contributed by atoms with Crippen LogP contribution in [0, 0.1) is 0 Å². The first-order valence-corrected chi connectivity index (χ1v) is 5.55. The number of thiol groups is 1. The van der Waals surface area contributed by atoms with Gasteiger partial charge in [-0.15, -0.1) is 12.6 Å². The van der Waals surface area contributed by atoms with Crippen LogP contribution in [0.5, 0.6) is 0 Å².